The molecule has 0 fully saturated rings. The van der Waals surface area contributed by atoms with Crippen LogP contribution in [-0.4, -0.2) is 48.3 Å². The summed E-state index contributed by atoms with van der Waals surface area (Å²) in [6.45, 7) is -0.662. The fraction of sp³-hybridized carbons (Fsp3) is 0.238. The van der Waals surface area contributed by atoms with E-state index in [0.717, 1.165) is 0 Å². The molecule has 0 heterocycles. The molecule has 164 valence electrons. The zero-order valence-corrected chi connectivity index (χ0v) is 18.9. The largest absolute Gasteiger partial charge is 0.454 e. The Labute approximate surface area is 193 Å². The van der Waals surface area contributed by atoms with E-state index in [1.54, 1.807) is 30.3 Å². The first-order valence-corrected chi connectivity index (χ1v) is 11.3. The zero-order chi connectivity index (χ0) is 22.8. The van der Waals surface area contributed by atoms with Crippen LogP contribution in [0.1, 0.15) is 27.1 Å². The van der Waals surface area contributed by atoms with Crippen molar-refractivity contribution in [3.63, 3.8) is 0 Å². The molecule has 7 nitrogen and oxygen atoms in total. The van der Waals surface area contributed by atoms with Gasteiger partial charge in [0.25, 0.3) is 17.7 Å². The molecule has 31 heavy (non-hydrogen) atoms. The van der Waals surface area contributed by atoms with E-state index in [4.69, 9.17) is 27.9 Å². The fourth-order valence-corrected chi connectivity index (χ4v) is 3.42. The van der Waals surface area contributed by atoms with Gasteiger partial charge in [-0.2, -0.15) is 11.8 Å². The second-order valence-corrected chi connectivity index (χ2v) is 8.11. The predicted octanol–water partition coefficient (Wildman–Crippen LogP) is 3.34. The maximum atomic E-state index is 12.5. The first-order valence-electron chi connectivity index (χ1n) is 9.12. The van der Waals surface area contributed by atoms with Gasteiger partial charge in [-0.1, -0.05) is 41.4 Å². The minimum absolute atomic E-state index is 0.140. The number of imide groups is 1. The number of halogens is 2. The van der Waals surface area contributed by atoms with Crippen molar-refractivity contribution in [2.45, 2.75) is 12.5 Å². The van der Waals surface area contributed by atoms with E-state index >= 15 is 0 Å². The van der Waals surface area contributed by atoms with Gasteiger partial charge < -0.3 is 10.1 Å². The van der Waals surface area contributed by atoms with Gasteiger partial charge in [0.05, 0.1) is 10.6 Å². The van der Waals surface area contributed by atoms with E-state index in [2.05, 4.69) is 10.6 Å². The molecule has 1 atom stereocenters. The molecule has 0 radical (unpaired) electrons. The number of carbonyl (C=O) groups excluding carboxylic acids is 4. The minimum Gasteiger partial charge on any atom is -0.454 e. The van der Waals surface area contributed by atoms with Crippen LogP contribution < -0.4 is 10.6 Å². The van der Waals surface area contributed by atoms with Crippen LogP contribution >= 0.6 is 35.0 Å². The number of rotatable bonds is 9. The lowest BCUT2D eigenvalue weighted by atomic mass is 10.1. The summed E-state index contributed by atoms with van der Waals surface area (Å²) in [5.41, 5.74) is 0.450. The van der Waals surface area contributed by atoms with E-state index in [-0.39, 0.29) is 17.0 Å². The number of hydrogen-bond acceptors (Lipinski definition) is 6. The van der Waals surface area contributed by atoms with E-state index in [1.807, 2.05) is 6.26 Å². The van der Waals surface area contributed by atoms with Crippen molar-refractivity contribution in [1.29, 1.82) is 0 Å². The monoisotopic (exact) mass is 482 g/mol. The first-order chi connectivity index (χ1) is 14.8. The first kappa shape index (κ1) is 24.7. The molecule has 0 saturated heterocycles. The normalized spacial score (nSPS) is 11.3. The SMILES string of the molecule is CSCCC(NC(=O)c1ccc(Cl)cc1Cl)C(=O)OCC(=O)NC(=O)c1ccccc1. The topological polar surface area (TPSA) is 102 Å². The number of benzene rings is 2. The molecule has 1 unspecified atom stereocenters. The second-order valence-electron chi connectivity index (χ2n) is 6.28. The molecular weight excluding hydrogens is 463 g/mol. The maximum Gasteiger partial charge on any atom is 0.329 e. The van der Waals surface area contributed by atoms with Gasteiger partial charge in [-0.05, 0) is 48.8 Å². The van der Waals surface area contributed by atoms with Crippen LogP contribution in [0.2, 0.25) is 10.0 Å². The third-order valence-corrected chi connectivity index (χ3v) is 5.20. The highest BCUT2D eigenvalue weighted by Gasteiger charge is 2.24. The molecule has 0 spiro atoms. The molecule has 0 aliphatic rings. The van der Waals surface area contributed by atoms with Gasteiger partial charge in [0.15, 0.2) is 6.61 Å². The highest BCUT2D eigenvalue weighted by Crippen LogP contribution is 2.21. The van der Waals surface area contributed by atoms with E-state index in [0.29, 0.717) is 16.3 Å². The van der Waals surface area contributed by atoms with Gasteiger partial charge in [-0.25, -0.2) is 4.79 Å². The van der Waals surface area contributed by atoms with Crippen molar-refractivity contribution in [3.05, 3.63) is 69.7 Å². The molecule has 0 saturated carbocycles. The molecule has 0 aliphatic heterocycles. The third kappa shape index (κ3) is 7.90. The molecule has 2 aromatic carbocycles. The Hall–Kier alpha value is -2.55. The van der Waals surface area contributed by atoms with Gasteiger partial charge in [0.2, 0.25) is 0 Å². The Kier molecular flexibility index (Phi) is 9.84. The number of thioether (sulfide) groups is 1. The van der Waals surface area contributed by atoms with Crippen LogP contribution in [0.5, 0.6) is 0 Å². The summed E-state index contributed by atoms with van der Waals surface area (Å²) in [5, 5.41) is 5.21. The number of carbonyl (C=O) groups is 4. The lowest BCUT2D eigenvalue weighted by Crippen LogP contribution is -2.43. The molecule has 2 N–H and O–H groups in total. The summed E-state index contributed by atoms with van der Waals surface area (Å²) >= 11 is 13.4. The van der Waals surface area contributed by atoms with E-state index < -0.39 is 36.3 Å². The summed E-state index contributed by atoms with van der Waals surface area (Å²) in [5.74, 6) is -2.19. The molecule has 0 aliphatic carbocycles. The molecule has 2 rings (SSSR count). The second kappa shape index (κ2) is 12.3. The van der Waals surface area contributed by atoms with Crippen molar-refractivity contribution in [2.75, 3.05) is 18.6 Å². The summed E-state index contributed by atoms with van der Waals surface area (Å²) in [6, 6.07) is 11.5. The van der Waals surface area contributed by atoms with Crippen molar-refractivity contribution in [2.24, 2.45) is 0 Å². The highest BCUT2D eigenvalue weighted by molar-refractivity contribution is 7.98. The lowest BCUT2D eigenvalue weighted by Gasteiger charge is -2.17. The maximum absolute atomic E-state index is 12.5. The fourth-order valence-electron chi connectivity index (χ4n) is 2.46. The number of hydrogen-bond donors (Lipinski definition) is 2. The van der Waals surface area contributed by atoms with Crippen molar-refractivity contribution in [1.82, 2.24) is 10.6 Å². The summed E-state index contributed by atoms with van der Waals surface area (Å²) in [4.78, 5) is 48.9. The Morgan fingerprint density at radius 2 is 1.74 bits per heavy atom. The number of amides is 3. The van der Waals surface area contributed by atoms with Gasteiger partial charge in [-0.15, -0.1) is 0 Å². The van der Waals surface area contributed by atoms with Gasteiger partial charge in [0.1, 0.15) is 6.04 Å². The van der Waals surface area contributed by atoms with Crippen molar-refractivity contribution in [3.8, 4) is 0 Å². The zero-order valence-electron chi connectivity index (χ0n) is 16.5. The average Bonchev–Trinajstić information content (AvgIpc) is 2.75. The van der Waals surface area contributed by atoms with E-state index in [9.17, 15) is 19.2 Å². The summed E-state index contributed by atoms with van der Waals surface area (Å²) in [7, 11) is 0. The number of nitrogens with one attached hydrogen (secondary N) is 2. The standard InChI is InChI=1S/C21H20Cl2N2O5S/c1-31-10-9-17(24-20(28)15-8-7-14(22)11-16(15)23)21(29)30-12-18(26)25-19(27)13-5-3-2-4-6-13/h2-8,11,17H,9-10,12H2,1H3,(H,24,28)(H,25,26,27). The molecule has 10 heteroatoms. The van der Waals surface area contributed by atoms with Gasteiger partial charge >= 0.3 is 5.97 Å². The van der Waals surface area contributed by atoms with Crippen LogP contribution in [0.4, 0.5) is 0 Å². The van der Waals surface area contributed by atoms with Crippen molar-refractivity contribution >= 4 is 58.7 Å². The Bertz CT molecular complexity index is 956. The van der Waals surface area contributed by atoms with Crippen LogP contribution in [0.15, 0.2) is 48.5 Å². The summed E-state index contributed by atoms with van der Waals surface area (Å²) < 4.78 is 5.00. The van der Waals surface area contributed by atoms with Crippen LogP contribution in [0.3, 0.4) is 0 Å². The third-order valence-electron chi connectivity index (χ3n) is 4.01. The predicted molar refractivity (Wildman–Crippen MR) is 121 cm³/mol. The van der Waals surface area contributed by atoms with E-state index in [1.165, 1.54) is 30.0 Å². The van der Waals surface area contributed by atoms with Crippen LogP contribution in [-0.2, 0) is 14.3 Å². The summed E-state index contributed by atoms with van der Waals surface area (Å²) in [6.07, 6.45) is 2.13. The Balaban J connectivity index is 1.95. The number of esters is 1. The van der Waals surface area contributed by atoms with Crippen LogP contribution in [0, 0.1) is 0 Å². The lowest BCUT2D eigenvalue weighted by molar-refractivity contribution is -0.150. The van der Waals surface area contributed by atoms with Crippen molar-refractivity contribution < 1.29 is 23.9 Å². The molecule has 0 bridgehead atoms. The quantitative estimate of drug-likeness (QED) is 0.531. The Morgan fingerprint density at radius 1 is 1.03 bits per heavy atom. The Morgan fingerprint density at radius 3 is 2.39 bits per heavy atom. The van der Waals surface area contributed by atoms with Crippen LogP contribution in [0.25, 0.3) is 0 Å². The minimum atomic E-state index is -0.996. The van der Waals surface area contributed by atoms with Gasteiger partial charge in [0, 0.05) is 10.6 Å². The molecule has 2 aromatic rings. The number of ether oxygens (including phenoxy) is 1. The van der Waals surface area contributed by atoms with Gasteiger partial charge in [-0.3, -0.25) is 19.7 Å². The highest BCUT2D eigenvalue weighted by atomic mass is 35.5. The molecule has 3 amide bonds. The molecular formula is C21H20Cl2N2O5S. The smallest absolute Gasteiger partial charge is 0.329 e. The average molecular weight is 483 g/mol. The molecule has 0 aromatic heterocycles.